The zero-order valence-electron chi connectivity index (χ0n) is 23.3. The molecule has 2 saturated heterocycles. The minimum Gasteiger partial charge on any atom is -0.437 e. The Morgan fingerprint density at radius 3 is 2.38 bits per heavy atom. The van der Waals surface area contributed by atoms with Crippen LogP contribution in [0.3, 0.4) is 0 Å². The molecule has 0 radical (unpaired) electrons. The Morgan fingerprint density at radius 2 is 1.73 bits per heavy atom. The van der Waals surface area contributed by atoms with Gasteiger partial charge in [0.1, 0.15) is 18.1 Å². The van der Waals surface area contributed by atoms with Gasteiger partial charge in [0.25, 0.3) is 0 Å². The second-order valence-electron chi connectivity index (χ2n) is 11.4. The van der Waals surface area contributed by atoms with Crippen LogP contribution in [0.1, 0.15) is 24.8 Å². The van der Waals surface area contributed by atoms with E-state index in [-0.39, 0.29) is 4.65 Å². The highest BCUT2D eigenvalue weighted by Gasteiger charge is 2.23. The molecule has 4 heterocycles. The standard InChI is InChI=1S/C30H39Cl2N6O2/c1-38(2,39)14-7-22-5-10-36(11-6-22)21-23-15-28(24-17-25(31)19-26(32)18-24)35-30(16-23)40-27-3-4-29(34-20-27)37-12-8-33-9-13-37/h3-4,15-20,22,33,39H,5-14,21H2,1-2H3/q+1. The van der Waals surface area contributed by atoms with Gasteiger partial charge in [-0.15, -0.1) is 0 Å². The maximum Gasteiger partial charge on any atom is 0.220 e. The van der Waals surface area contributed by atoms with Gasteiger partial charge < -0.3 is 15.0 Å². The number of halogens is 2. The molecule has 2 aliphatic rings. The number of hydroxylamine groups is 3. The molecule has 2 fully saturated rings. The van der Waals surface area contributed by atoms with Gasteiger partial charge in [-0.1, -0.05) is 23.2 Å². The van der Waals surface area contributed by atoms with Crippen LogP contribution >= 0.6 is 23.2 Å². The van der Waals surface area contributed by atoms with Crippen molar-refractivity contribution in [1.29, 1.82) is 0 Å². The van der Waals surface area contributed by atoms with E-state index < -0.39 is 0 Å². The Bertz CT molecular complexity index is 1250. The van der Waals surface area contributed by atoms with Crippen LogP contribution in [0.4, 0.5) is 5.82 Å². The largest absolute Gasteiger partial charge is 0.437 e. The SMILES string of the molecule is C[N+](C)(O)CCC1CCN(Cc2cc(Oc3ccc(N4CCNCC4)nc3)nc(-c3cc(Cl)cc(Cl)c3)c2)CC1. The molecule has 2 N–H and O–H groups in total. The molecule has 2 aliphatic heterocycles. The van der Waals surface area contributed by atoms with Crippen LogP contribution in [-0.4, -0.2) is 84.6 Å². The molecule has 0 unspecified atom stereocenters. The molecule has 0 saturated carbocycles. The number of hydrogen-bond acceptors (Lipinski definition) is 7. The number of aromatic nitrogens is 2. The van der Waals surface area contributed by atoms with Crippen molar-refractivity contribution in [3.8, 4) is 22.9 Å². The minimum atomic E-state index is 0.0320. The van der Waals surface area contributed by atoms with Crippen LogP contribution in [-0.2, 0) is 6.54 Å². The lowest BCUT2D eigenvalue weighted by molar-refractivity contribution is -1.07. The number of likely N-dealkylation sites (tertiary alicyclic amines) is 1. The van der Waals surface area contributed by atoms with E-state index in [0.29, 0.717) is 27.6 Å². The van der Waals surface area contributed by atoms with E-state index in [9.17, 15) is 5.21 Å². The summed E-state index contributed by atoms with van der Waals surface area (Å²) < 4.78 is 6.27. The van der Waals surface area contributed by atoms with Crippen LogP contribution in [0.2, 0.25) is 10.0 Å². The third kappa shape index (κ3) is 8.28. The first kappa shape index (κ1) is 29.0. The highest BCUT2D eigenvalue weighted by Crippen LogP contribution is 2.31. The number of anilines is 1. The summed E-state index contributed by atoms with van der Waals surface area (Å²) >= 11 is 12.7. The van der Waals surface area contributed by atoms with Gasteiger partial charge in [0.15, 0.2) is 0 Å². The van der Waals surface area contributed by atoms with Gasteiger partial charge in [-0.25, -0.2) is 15.2 Å². The lowest BCUT2D eigenvalue weighted by atomic mass is 9.93. The van der Waals surface area contributed by atoms with E-state index in [1.165, 1.54) is 0 Å². The molecule has 10 heteroatoms. The van der Waals surface area contributed by atoms with E-state index in [1.54, 1.807) is 12.3 Å². The van der Waals surface area contributed by atoms with E-state index >= 15 is 0 Å². The summed E-state index contributed by atoms with van der Waals surface area (Å²) in [7, 11) is 3.67. The molecule has 5 rings (SSSR count). The third-order valence-corrected chi connectivity index (χ3v) is 8.04. The van der Waals surface area contributed by atoms with E-state index in [0.717, 1.165) is 94.3 Å². The molecule has 40 heavy (non-hydrogen) atoms. The number of piperidine rings is 1. The lowest BCUT2D eigenvalue weighted by Gasteiger charge is -2.33. The summed E-state index contributed by atoms with van der Waals surface area (Å²) in [6.07, 6.45) is 5.08. The zero-order valence-corrected chi connectivity index (χ0v) is 24.8. The summed E-state index contributed by atoms with van der Waals surface area (Å²) in [6, 6.07) is 13.5. The predicted molar refractivity (Wildman–Crippen MR) is 160 cm³/mol. The third-order valence-electron chi connectivity index (χ3n) is 7.60. The topological polar surface area (TPSA) is 73.8 Å². The lowest BCUT2D eigenvalue weighted by Crippen LogP contribution is -2.43. The van der Waals surface area contributed by atoms with Crippen LogP contribution in [0.15, 0.2) is 48.7 Å². The average molecular weight is 587 g/mol. The fourth-order valence-corrected chi connectivity index (χ4v) is 5.90. The number of pyridine rings is 2. The molecule has 0 spiro atoms. The van der Waals surface area contributed by atoms with Crippen LogP contribution in [0.5, 0.6) is 11.6 Å². The number of quaternary nitrogens is 1. The molecule has 0 aliphatic carbocycles. The molecule has 2 aromatic heterocycles. The van der Waals surface area contributed by atoms with Gasteiger partial charge in [-0.2, -0.15) is 4.65 Å². The van der Waals surface area contributed by atoms with Crippen molar-refractivity contribution in [2.75, 3.05) is 64.8 Å². The van der Waals surface area contributed by atoms with Crippen LogP contribution in [0.25, 0.3) is 11.3 Å². The molecule has 8 nitrogen and oxygen atoms in total. The molecular formula is C30H39Cl2N6O2+. The number of hydrogen-bond donors (Lipinski definition) is 2. The number of benzene rings is 1. The van der Waals surface area contributed by atoms with Crippen molar-refractivity contribution < 1.29 is 14.6 Å². The first-order valence-corrected chi connectivity index (χ1v) is 14.8. The van der Waals surface area contributed by atoms with Gasteiger partial charge in [0.05, 0.1) is 26.0 Å². The Labute approximate surface area is 247 Å². The highest BCUT2D eigenvalue weighted by atomic mass is 35.5. The smallest absolute Gasteiger partial charge is 0.220 e. The fourth-order valence-electron chi connectivity index (χ4n) is 5.38. The number of piperazine rings is 1. The molecular weight excluding hydrogens is 547 g/mol. The van der Waals surface area contributed by atoms with E-state index in [2.05, 4.69) is 26.2 Å². The monoisotopic (exact) mass is 585 g/mol. The van der Waals surface area contributed by atoms with Crippen molar-refractivity contribution in [2.24, 2.45) is 5.92 Å². The quantitative estimate of drug-likeness (QED) is 0.246. The summed E-state index contributed by atoms with van der Waals surface area (Å²) in [5.74, 6) is 2.76. The van der Waals surface area contributed by atoms with Gasteiger partial charge in [-0.05, 0) is 73.8 Å². The van der Waals surface area contributed by atoms with Gasteiger partial charge in [0.2, 0.25) is 5.88 Å². The van der Waals surface area contributed by atoms with E-state index in [1.807, 2.05) is 44.4 Å². The zero-order chi connectivity index (χ0) is 28.1. The number of ether oxygens (including phenoxy) is 1. The first-order valence-electron chi connectivity index (χ1n) is 14.1. The van der Waals surface area contributed by atoms with Gasteiger partial charge in [-0.3, -0.25) is 4.90 Å². The molecule has 0 bridgehead atoms. The second-order valence-corrected chi connectivity index (χ2v) is 12.3. The van der Waals surface area contributed by atoms with Crippen molar-refractivity contribution >= 4 is 29.0 Å². The Hall–Kier alpha value is -2.46. The highest BCUT2D eigenvalue weighted by molar-refractivity contribution is 6.35. The number of rotatable bonds is 9. The van der Waals surface area contributed by atoms with Crippen molar-refractivity contribution in [2.45, 2.75) is 25.8 Å². The average Bonchev–Trinajstić information content (AvgIpc) is 2.92. The van der Waals surface area contributed by atoms with Crippen molar-refractivity contribution in [3.05, 3.63) is 64.3 Å². The maximum atomic E-state index is 10.0. The number of nitrogens with one attached hydrogen (secondary N) is 1. The summed E-state index contributed by atoms with van der Waals surface area (Å²) in [4.78, 5) is 14.2. The second kappa shape index (κ2) is 13.0. The predicted octanol–water partition coefficient (Wildman–Crippen LogP) is 5.72. The fraction of sp³-hybridized carbons (Fsp3) is 0.467. The van der Waals surface area contributed by atoms with Crippen LogP contribution < -0.4 is 15.0 Å². The molecule has 1 aromatic carbocycles. The number of nitrogens with zero attached hydrogens (tertiary/aromatic N) is 5. The summed E-state index contributed by atoms with van der Waals surface area (Å²) in [5.41, 5.74) is 2.73. The molecule has 0 atom stereocenters. The van der Waals surface area contributed by atoms with Crippen molar-refractivity contribution in [1.82, 2.24) is 20.2 Å². The normalized spacial score (nSPS) is 17.3. The molecule has 214 valence electrons. The first-order chi connectivity index (χ1) is 19.2. The summed E-state index contributed by atoms with van der Waals surface area (Å²) in [5, 5.41) is 14.5. The molecule has 0 amide bonds. The van der Waals surface area contributed by atoms with Crippen LogP contribution in [0, 0.1) is 5.92 Å². The Morgan fingerprint density at radius 1 is 1.00 bits per heavy atom. The van der Waals surface area contributed by atoms with Gasteiger partial charge >= 0.3 is 0 Å². The van der Waals surface area contributed by atoms with Gasteiger partial charge in [0, 0.05) is 60.8 Å². The summed E-state index contributed by atoms with van der Waals surface area (Å²) in [6.45, 7) is 7.45. The Kier molecular flexibility index (Phi) is 9.45. The van der Waals surface area contributed by atoms with Crippen molar-refractivity contribution in [3.63, 3.8) is 0 Å². The molecule has 3 aromatic rings. The Balaban J connectivity index is 1.32. The van der Waals surface area contributed by atoms with E-state index in [4.69, 9.17) is 32.9 Å². The maximum absolute atomic E-state index is 10.0. The minimum absolute atomic E-state index is 0.0320.